The fraction of sp³-hybridized carbons (Fsp3) is 0.714. The minimum absolute atomic E-state index is 0.190. The topological polar surface area (TPSA) is 85.8 Å². The summed E-state index contributed by atoms with van der Waals surface area (Å²) in [6.45, 7) is 7.23. The Balaban J connectivity index is 1.91. The van der Waals surface area contributed by atoms with Crippen LogP contribution in [0.1, 0.15) is 0 Å². The quantitative estimate of drug-likeness (QED) is 0.519. The van der Waals surface area contributed by atoms with Crippen LogP contribution < -0.4 is 5.73 Å². The van der Waals surface area contributed by atoms with Crippen LogP contribution in [0.25, 0.3) is 0 Å². The van der Waals surface area contributed by atoms with Crippen LogP contribution in [-0.2, 0) is 9.53 Å². The highest BCUT2D eigenvalue weighted by atomic mass is 16.5. The fourth-order valence-corrected chi connectivity index (χ4v) is 2.55. The van der Waals surface area contributed by atoms with Gasteiger partial charge in [0.15, 0.2) is 0 Å². The molecule has 7 heteroatoms. The maximum Gasteiger partial charge on any atom is 0.266 e. The van der Waals surface area contributed by atoms with Gasteiger partial charge in [-0.3, -0.25) is 9.69 Å². The van der Waals surface area contributed by atoms with Gasteiger partial charge in [-0.15, -0.1) is 0 Å². The van der Waals surface area contributed by atoms with Crippen molar-refractivity contribution in [2.45, 2.75) is 0 Å². The second kappa shape index (κ2) is 7.98. The van der Waals surface area contributed by atoms with Crippen molar-refractivity contribution in [1.29, 1.82) is 5.26 Å². The number of nitriles is 1. The van der Waals surface area contributed by atoms with Gasteiger partial charge in [0.1, 0.15) is 11.6 Å². The van der Waals surface area contributed by atoms with Crippen LogP contribution in [0.15, 0.2) is 11.8 Å². The minimum Gasteiger partial charge on any atom is -0.378 e. The van der Waals surface area contributed by atoms with Crippen LogP contribution >= 0.6 is 0 Å². The van der Waals surface area contributed by atoms with Crippen LogP contribution in [0.2, 0.25) is 0 Å². The third-order valence-corrected chi connectivity index (χ3v) is 3.81. The van der Waals surface area contributed by atoms with Crippen LogP contribution in [0, 0.1) is 11.3 Å². The lowest BCUT2D eigenvalue weighted by Gasteiger charge is -2.34. The first-order chi connectivity index (χ1) is 10.2. The molecule has 0 aliphatic carbocycles. The number of morpholine rings is 1. The molecule has 0 atom stereocenters. The smallest absolute Gasteiger partial charge is 0.266 e. The van der Waals surface area contributed by atoms with Crippen LogP contribution in [-0.4, -0.2) is 86.2 Å². The Morgan fingerprint density at radius 3 is 2.43 bits per heavy atom. The third kappa shape index (κ3) is 4.43. The van der Waals surface area contributed by atoms with E-state index in [1.165, 1.54) is 0 Å². The lowest BCUT2D eigenvalue weighted by molar-refractivity contribution is -0.130. The summed E-state index contributed by atoms with van der Waals surface area (Å²) in [5.41, 5.74) is 5.76. The Labute approximate surface area is 125 Å². The molecule has 0 aromatic heterocycles. The molecular formula is C14H23N5O2. The minimum atomic E-state index is -0.190. The highest BCUT2D eigenvalue weighted by molar-refractivity contribution is 5.97. The number of carbonyl (C=O) groups excluding carboxylic acids is 1. The number of carbonyl (C=O) groups is 1. The van der Waals surface area contributed by atoms with Gasteiger partial charge in [0, 0.05) is 58.6 Å². The summed E-state index contributed by atoms with van der Waals surface area (Å²) in [4.78, 5) is 18.3. The molecule has 0 radical (unpaired) electrons. The summed E-state index contributed by atoms with van der Waals surface area (Å²) in [5.74, 6) is -0.190. The molecule has 21 heavy (non-hydrogen) atoms. The van der Waals surface area contributed by atoms with E-state index in [4.69, 9.17) is 10.5 Å². The molecule has 116 valence electrons. The molecule has 2 N–H and O–H groups in total. The van der Waals surface area contributed by atoms with Crippen molar-refractivity contribution in [2.24, 2.45) is 5.73 Å². The molecule has 0 aromatic rings. The average molecular weight is 293 g/mol. The standard InChI is InChI=1S/C14H23N5O2/c15-1-2-17-3-5-18(6-4-17)12-13(11-16)14(20)19-7-9-21-10-8-19/h12H,1-10,15H2/b13-12-. The highest BCUT2D eigenvalue weighted by Crippen LogP contribution is 2.08. The monoisotopic (exact) mass is 293 g/mol. The predicted octanol–water partition coefficient (Wildman–Crippen LogP) is -1.17. The summed E-state index contributed by atoms with van der Waals surface area (Å²) in [5, 5.41) is 9.24. The number of amides is 1. The Morgan fingerprint density at radius 1 is 1.19 bits per heavy atom. The summed E-state index contributed by atoms with van der Waals surface area (Å²) in [7, 11) is 0. The van der Waals surface area contributed by atoms with E-state index in [2.05, 4.69) is 4.90 Å². The molecule has 2 heterocycles. The van der Waals surface area contributed by atoms with Crippen molar-refractivity contribution in [1.82, 2.24) is 14.7 Å². The molecule has 2 fully saturated rings. The van der Waals surface area contributed by atoms with Crippen molar-refractivity contribution in [3.05, 3.63) is 11.8 Å². The van der Waals surface area contributed by atoms with E-state index in [1.54, 1.807) is 11.1 Å². The van der Waals surface area contributed by atoms with Gasteiger partial charge in [-0.25, -0.2) is 0 Å². The molecular weight excluding hydrogens is 270 g/mol. The lowest BCUT2D eigenvalue weighted by atomic mass is 10.2. The fourth-order valence-electron chi connectivity index (χ4n) is 2.55. The highest BCUT2D eigenvalue weighted by Gasteiger charge is 2.22. The van der Waals surface area contributed by atoms with Gasteiger partial charge in [0.05, 0.1) is 13.2 Å². The Kier molecular flexibility index (Phi) is 5.99. The second-order valence-electron chi connectivity index (χ2n) is 5.23. The van der Waals surface area contributed by atoms with Crippen LogP contribution in [0.5, 0.6) is 0 Å². The number of piperazine rings is 1. The second-order valence-corrected chi connectivity index (χ2v) is 5.23. The number of nitrogens with two attached hydrogens (primary N) is 1. The van der Waals surface area contributed by atoms with Crippen molar-refractivity contribution >= 4 is 5.91 Å². The van der Waals surface area contributed by atoms with E-state index in [0.29, 0.717) is 32.8 Å². The van der Waals surface area contributed by atoms with Crippen molar-refractivity contribution in [2.75, 3.05) is 65.6 Å². The van der Waals surface area contributed by atoms with Gasteiger partial charge < -0.3 is 20.3 Å². The lowest BCUT2D eigenvalue weighted by Crippen LogP contribution is -2.46. The summed E-state index contributed by atoms with van der Waals surface area (Å²) < 4.78 is 5.23. The number of hydrogen-bond acceptors (Lipinski definition) is 6. The summed E-state index contributed by atoms with van der Waals surface area (Å²) in [6.07, 6.45) is 1.71. The predicted molar refractivity (Wildman–Crippen MR) is 78.2 cm³/mol. The first-order valence-corrected chi connectivity index (χ1v) is 7.40. The van der Waals surface area contributed by atoms with Crippen molar-refractivity contribution in [3.63, 3.8) is 0 Å². The largest absolute Gasteiger partial charge is 0.378 e. The Hall–Kier alpha value is -1.62. The Bertz CT molecular complexity index is 418. The molecule has 7 nitrogen and oxygen atoms in total. The number of rotatable bonds is 4. The number of ether oxygens (including phenoxy) is 1. The zero-order valence-electron chi connectivity index (χ0n) is 12.3. The normalized spacial score (nSPS) is 21.2. The molecule has 1 amide bonds. The molecule has 0 unspecified atom stereocenters. The van der Waals surface area contributed by atoms with Gasteiger partial charge in [0.2, 0.25) is 0 Å². The zero-order valence-corrected chi connectivity index (χ0v) is 12.3. The van der Waals surface area contributed by atoms with Crippen molar-refractivity contribution < 1.29 is 9.53 Å². The Morgan fingerprint density at radius 2 is 1.86 bits per heavy atom. The van der Waals surface area contributed by atoms with Gasteiger partial charge in [-0.2, -0.15) is 5.26 Å². The molecule has 0 spiro atoms. The van der Waals surface area contributed by atoms with E-state index in [1.807, 2.05) is 11.0 Å². The molecule has 2 aliphatic rings. The van der Waals surface area contributed by atoms with E-state index in [0.717, 1.165) is 32.7 Å². The van der Waals surface area contributed by atoms with Gasteiger partial charge >= 0.3 is 0 Å². The average Bonchev–Trinajstić information content (AvgIpc) is 2.54. The maximum absolute atomic E-state index is 12.3. The number of hydrogen-bond donors (Lipinski definition) is 1. The molecule has 0 saturated carbocycles. The molecule has 2 saturated heterocycles. The summed E-state index contributed by atoms with van der Waals surface area (Å²) in [6, 6.07) is 2.04. The summed E-state index contributed by atoms with van der Waals surface area (Å²) >= 11 is 0. The first kappa shape index (κ1) is 15.8. The van der Waals surface area contributed by atoms with Crippen molar-refractivity contribution in [3.8, 4) is 6.07 Å². The molecule has 2 rings (SSSR count). The van der Waals surface area contributed by atoms with E-state index >= 15 is 0 Å². The van der Waals surface area contributed by atoms with E-state index < -0.39 is 0 Å². The zero-order chi connectivity index (χ0) is 15.1. The maximum atomic E-state index is 12.3. The SMILES string of the molecule is N#C/C(=C/N1CCN(CCN)CC1)C(=O)N1CCOCC1. The third-order valence-electron chi connectivity index (χ3n) is 3.81. The van der Waals surface area contributed by atoms with E-state index in [-0.39, 0.29) is 11.5 Å². The molecule has 0 bridgehead atoms. The van der Waals surface area contributed by atoms with Gasteiger partial charge in [0.25, 0.3) is 5.91 Å². The molecule has 2 aliphatic heterocycles. The molecule has 0 aromatic carbocycles. The van der Waals surface area contributed by atoms with Gasteiger partial charge in [-0.1, -0.05) is 0 Å². The van der Waals surface area contributed by atoms with E-state index in [9.17, 15) is 10.1 Å². The van der Waals surface area contributed by atoms with Crippen LogP contribution in [0.4, 0.5) is 0 Å². The van der Waals surface area contributed by atoms with Gasteiger partial charge in [-0.05, 0) is 0 Å². The number of nitrogens with zero attached hydrogens (tertiary/aromatic N) is 4. The van der Waals surface area contributed by atoms with Crippen LogP contribution in [0.3, 0.4) is 0 Å². The first-order valence-electron chi connectivity index (χ1n) is 7.40.